The number of rotatable bonds is 2. The van der Waals surface area contributed by atoms with E-state index in [2.05, 4.69) is 27.9 Å². The van der Waals surface area contributed by atoms with Gasteiger partial charge in [-0.25, -0.2) is 0 Å². The number of aryl methyl sites for hydroxylation is 2. The third-order valence-corrected chi connectivity index (χ3v) is 3.49. The molecule has 0 fully saturated rings. The van der Waals surface area contributed by atoms with Crippen LogP contribution in [-0.4, -0.2) is 10.5 Å². The normalized spacial score (nSPS) is 10.3. The Morgan fingerprint density at radius 1 is 1.26 bits per heavy atom. The number of carbonyl (C=O) groups is 1. The Balaban J connectivity index is 2.28. The first-order valence-corrected chi connectivity index (χ1v) is 6.79. The highest BCUT2D eigenvalue weighted by Crippen LogP contribution is 2.18. The first kappa shape index (κ1) is 13.8. The molecule has 1 aromatic heterocycles. The molecule has 2 rings (SSSR count). The van der Waals surface area contributed by atoms with Crippen molar-refractivity contribution in [3.8, 4) is 0 Å². The quantitative estimate of drug-likeness (QED) is 0.829. The highest BCUT2D eigenvalue weighted by atomic mass is 127. The minimum absolute atomic E-state index is 0.202. The summed E-state index contributed by atoms with van der Waals surface area (Å²) in [7, 11) is 1.65. The molecule has 19 heavy (non-hydrogen) atoms. The molecule has 2 aromatic rings. The summed E-state index contributed by atoms with van der Waals surface area (Å²) in [6.07, 6.45) is 1.58. The number of hydrogen-bond acceptors (Lipinski definition) is 2. The standard InChI is InChI=1S/C14H13IN2O2/c1-9-3-4-11(15)8-12(9)16-14(19)10-5-6-17(2)13(18)7-10/h3-8H,1-2H3,(H,16,19). The van der Waals surface area contributed by atoms with Crippen molar-refractivity contribution < 1.29 is 4.79 Å². The smallest absolute Gasteiger partial charge is 0.255 e. The second-order valence-electron chi connectivity index (χ2n) is 4.28. The van der Waals surface area contributed by atoms with Crippen molar-refractivity contribution in [2.45, 2.75) is 6.92 Å². The lowest BCUT2D eigenvalue weighted by Gasteiger charge is -2.09. The molecular formula is C14H13IN2O2. The molecule has 4 nitrogen and oxygen atoms in total. The summed E-state index contributed by atoms with van der Waals surface area (Å²) in [6, 6.07) is 8.78. The number of aromatic nitrogens is 1. The Hall–Kier alpha value is -1.63. The van der Waals surface area contributed by atoms with Crippen molar-refractivity contribution >= 4 is 34.2 Å². The Morgan fingerprint density at radius 2 is 2.00 bits per heavy atom. The molecular weight excluding hydrogens is 355 g/mol. The maximum atomic E-state index is 12.1. The first-order valence-electron chi connectivity index (χ1n) is 5.71. The largest absolute Gasteiger partial charge is 0.322 e. The Labute approximate surface area is 124 Å². The average Bonchev–Trinajstić information content (AvgIpc) is 2.37. The fraction of sp³-hybridized carbons (Fsp3) is 0.143. The monoisotopic (exact) mass is 368 g/mol. The molecule has 1 heterocycles. The number of carbonyl (C=O) groups excluding carboxylic acids is 1. The Bertz CT molecular complexity index is 692. The van der Waals surface area contributed by atoms with Gasteiger partial charge in [0.2, 0.25) is 0 Å². The maximum Gasteiger partial charge on any atom is 0.255 e. The van der Waals surface area contributed by atoms with Crippen molar-refractivity contribution in [1.82, 2.24) is 4.57 Å². The summed E-state index contributed by atoms with van der Waals surface area (Å²) in [4.78, 5) is 23.6. The van der Waals surface area contributed by atoms with Gasteiger partial charge < -0.3 is 9.88 Å². The van der Waals surface area contributed by atoms with E-state index < -0.39 is 0 Å². The highest BCUT2D eigenvalue weighted by Gasteiger charge is 2.09. The molecule has 0 saturated heterocycles. The SMILES string of the molecule is Cc1ccc(I)cc1NC(=O)c1ccn(C)c(=O)c1. The van der Waals surface area contributed by atoms with Gasteiger partial charge in [-0.2, -0.15) is 0 Å². The maximum absolute atomic E-state index is 12.1. The summed E-state index contributed by atoms with van der Waals surface area (Å²) in [5.74, 6) is -0.275. The van der Waals surface area contributed by atoms with Gasteiger partial charge in [0.1, 0.15) is 0 Å². The topological polar surface area (TPSA) is 51.1 Å². The summed E-state index contributed by atoms with van der Waals surface area (Å²) in [6.45, 7) is 1.93. The molecule has 1 N–H and O–H groups in total. The minimum atomic E-state index is -0.275. The van der Waals surface area contributed by atoms with Gasteiger partial charge in [-0.1, -0.05) is 6.07 Å². The van der Waals surface area contributed by atoms with E-state index in [0.717, 1.165) is 14.8 Å². The number of benzene rings is 1. The van der Waals surface area contributed by atoms with E-state index >= 15 is 0 Å². The molecule has 0 unspecified atom stereocenters. The van der Waals surface area contributed by atoms with Crippen molar-refractivity contribution in [2.24, 2.45) is 7.05 Å². The van der Waals surface area contributed by atoms with E-state index in [0.29, 0.717) is 5.56 Å². The summed E-state index contributed by atoms with van der Waals surface area (Å²) < 4.78 is 2.47. The van der Waals surface area contributed by atoms with E-state index in [1.54, 1.807) is 19.3 Å². The Morgan fingerprint density at radius 3 is 2.68 bits per heavy atom. The second kappa shape index (κ2) is 5.56. The van der Waals surface area contributed by atoms with Gasteiger partial charge in [0.25, 0.3) is 11.5 Å². The number of nitrogens with one attached hydrogen (secondary N) is 1. The lowest BCUT2D eigenvalue weighted by atomic mass is 10.2. The molecule has 1 aromatic carbocycles. The third-order valence-electron chi connectivity index (χ3n) is 2.81. The van der Waals surface area contributed by atoms with Gasteiger partial charge >= 0.3 is 0 Å². The van der Waals surface area contributed by atoms with Crippen LogP contribution in [0.15, 0.2) is 41.3 Å². The molecule has 0 atom stereocenters. The van der Waals surface area contributed by atoms with Gasteiger partial charge in [0, 0.05) is 34.1 Å². The zero-order valence-corrected chi connectivity index (χ0v) is 12.8. The van der Waals surface area contributed by atoms with E-state index in [4.69, 9.17) is 0 Å². The third kappa shape index (κ3) is 3.23. The Kier molecular flexibility index (Phi) is 4.04. The molecule has 1 amide bonds. The number of pyridine rings is 1. The molecule has 0 aliphatic rings. The number of anilines is 1. The first-order chi connectivity index (χ1) is 8.97. The number of hydrogen-bond donors (Lipinski definition) is 1. The average molecular weight is 368 g/mol. The highest BCUT2D eigenvalue weighted by molar-refractivity contribution is 14.1. The summed E-state index contributed by atoms with van der Waals surface area (Å²) in [5, 5.41) is 2.82. The van der Waals surface area contributed by atoms with Crippen LogP contribution in [0.1, 0.15) is 15.9 Å². The van der Waals surface area contributed by atoms with Crippen molar-refractivity contribution in [1.29, 1.82) is 0 Å². The molecule has 98 valence electrons. The minimum Gasteiger partial charge on any atom is -0.322 e. The van der Waals surface area contributed by atoms with Gasteiger partial charge in [0.15, 0.2) is 0 Å². The fourth-order valence-electron chi connectivity index (χ4n) is 1.61. The molecule has 0 aliphatic carbocycles. The molecule has 0 spiro atoms. The number of nitrogens with zero attached hydrogens (tertiary/aromatic N) is 1. The molecule has 0 radical (unpaired) electrons. The van der Waals surface area contributed by atoms with Crippen LogP contribution in [0.3, 0.4) is 0 Å². The van der Waals surface area contributed by atoms with Crippen molar-refractivity contribution in [3.05, 3.63) is 61.6 Å². The lowest BCUT2D eigenvalue weighted by Crippen LogP contribution is -2.20. The summed E-state index contributed by atoms with van der Waals surface area (Å²) >= 11 is 2.19. The van der Waals surface area contributed by atoms with Crippen molar-refractivity contribution in [3.63, 3.8) is 0 Å². The molecule has 0 saturated carbocycles. The fourth-order valence-corrected chi connectivity index (χ4v) is 2.10. The predicted octanol–water partition coefficient (Wildman–Crippen LogP) is 2.55. The zero-order valence-electron chi connectivity index (χ0n) is 10.6. The summed E-state index contributed by atoms with van der Waals surface area (Å²) in [5.41, 5.74) is 1.91. The van der Waals surface area contributed by atoms with Crippen LogP contribution < -0.4 is 10.9 Å². The van der Waals surface area contributed by atoms with Gasteiger partial charge in [-0.05, 0) is 53.3 Å². The second-order valence-corrected chi connectivity index (χ2v) is 5.52. The van der Waals surface area contributed by atoms with Gasteiger partial charge in [-0.3, -0.25) is 9.59 Å². The van der Waals surface area contributed by atoms with Crippen molar-refractivity contribution in [2.75, 3.05) is 5.32 Å². The van der Waals surface area contributed by atoms with Crippen LogP contribution in [0.4, 0.5) is 5.69 Å². The number of halogens is 1. The lowest BCUT2D eigenvalue weighted by molar-refractivity contribution is 0.102. The van der Waals surface area contributed by atoms with Crippen LogP contribution >= 0.6 is 22.6 Å². The van der Waals surface area contributed by atoms with E-state index in [9.17, 15) is 9.59 Å². The van der Waals surface area contributed by atoms with Gasteiger partial charge in [0.05, 0.1) is 0 Å². The van der Waals surface area contributed by atoms with Crippen LogP contribution in [0.25, 0.3) is 0 Å². The van der Waals surface area contributed by atoms with E-state index in [-0.39, 0.29) is 11.5 Å². The molecule has 0 aliphatic heterocycles. The van der Waals surface area contributed by atoms with Gasteiger partial charge in [-0.15, -0.1) is 0 Å². The zero-order chi connectivity index (χ0) is 14.0. The van der Waals surface area contributed by atoms with Crippen LogP contribution in [0, 0.1) is 10.5 Å². The molecule has 0 bridgehead atoms. The van der Waals surface area contributed by atoms with Crippen LogP contribution in [-0.2, 0) is 7.05 Å². The molecule has 5 heteroatoms. The van der Waals surface area contributed by atoms with E-state index in [1.807, 2.05) is 25.1 Å². The predicted molar refractivity (Wildman–Crippen MR) is 83.5 cm³/mol. The van der Waals surface area contributed by atoms with Crippen LogP contribution in [0.2, 0.25) is 0 Å². The van der Waals surface area contributed by atoms with Crippen LogP contribution in [0.5, 0.6) is 0 Å². The van der Waals surface area contributed by atoms with E-state index in [1.165, 1.54) is 10.6 Å². The number of amides is 1.